The lowest BCUT2D eigenvalue weighted by molar-refractivity contribution is -0.384. The minimum Gasteiger partial charge on any atom is -0.486 e. The summed E-state index contributed by atoms with van der Waals surface area (Å²) in [6, 6.07) is 11.7. The van der Waals surface area contributed by atoms with Gasteiger partial charge in [-0.05, 0) is 18.2 Å². The monoisotopic (exact) mass is 339 g/mol. The van der Waals surface area contributed by atoms with Gasteiger partial charge in [-0.3, -0.25) is 15.2 Å². The number of aromatic amines is 1. The van der Waals surface area contributed by atoms with Crippen LogP contribution in [0.5, 0.6) is 11.5 Å². The molecule has 2 heterocycles. The Balaban J connectivity index is 1.59. The van der Waals surface area contributed by atoms with Crippen molar-refractivity contribution in [1.29, 1.82) is 0 Å². The Hall–Kier alpha value is -3.62. The minimum absolute atomic E-state index is 0.0375. The number of nitro benzene ring substituents is 1. The van der Waals surface area contributed by atoms with Crippen molar-refractivity contribution in [2.45, 2.75) is 0 Å². The summed E-state index contributed by atoms with van der Waals surface area (Å²) in [4.78, 5) is 15.0. The molecule has 3 aromatic rings. The summed E-state index contributed by atoms with van der Waals surface area (Å²) in [5, 5.41) is 20.9. The first-order valence-electron chi connectivity index (χ1n) is 7.53. The molecule has 2 aromatic carbocycles. The van der Waals surface area contributed by atoms with Gasteiger partial charge in [-0.2, -0.15) is 4.98 Å². The molecular weight excluding hydrogens is 326 g/mol. The number of ether oxygens (including phenoxy) is 2. The second kappa shape index (κ2) is 6.11. The lowest BCUT2D eigenvalue weighted by atomic mass is 10.2. The molecule has 0 saturated carbocycles. The lowest BCUT2D eigenvalue weighted by Gasteiger charge is -2.18. The van der Waals surface area contributed by atoms with E-state index in [0.717, 1.165) is 5.69 Å². The fraction of sp³-hybridized carbons (Fsp3) is 0.125. The van der Waals surface area contributed by atoms with Crippen LogP contribution in [-0.2, 0) is 0 Å². The first-order valence-corrected chi connectivity index (χ1v) is 7.53. The molecule has 0 radical (unpaired) electrons. The molecule has 1 aliphatic rings. The summed E-state index contributed by atoms with van der Waals surface area (Å²) < 4.78 is 11.0. The quantitative estimate of drug-likeness (QED) is 0.554. The third kappa shape index (κ3) is 2.94. The molecule has 0 aliphatic carbocycles. The number of aromatic nitrogens is 3. The van der Waals surface area contributed by atoms with E-state index in [4.69, 9.17) is 9.47 Å². The van der Waals surface area contributed by atoms with Crippen LogP contribution in [0.15, 0.2) is 42.5 Å². The van der Waals surface area contributed by atoms with E-state index < -0.39 is 4.92 Å². The highest BCUT2D eigenvalue weighted by Gasteiger charge is 2.18. The van der Waals surface area contributed by atoms with Crippen molar-refractivity contribution in [3.63, 3.8) is 0 Å². The molecule has 9 heteroatoms. The molecule has 126 valence electrons. The van der Waals surface area contributed by atoms with Gasteiger partial charge in [0.1, 0.15) is 13.2 Å². The second-order valence-electron chi connectivity index (χ2n) is 5.27. The fourth-order valence-corrected chi connectivity index (χ4v) is 2.52. The van der Waals surface area contributed by atoms with E-state index in [0.29, 0.717) is 42.0 Å². The zero-order valence-electron chi connectivity index (χ0n) is 12.9. The molecule has 4 rings (SSSR count). The van der Waals surface area contributed by atoms with Crippen molar-refractivity contribution in [3.05, 3.63) is 52.6 Å². The number of nitro groups is 1. The number of nitrogens with one attached hydrogen (secondary N) is 2. The van der Waals surface area contributed by atoms with Crippen molar-refractivity contribution >= 4 is 17.3 Å². The number of benzene rings is 2. The molecule has 0 amide bonds. The molecule has 0 spiro atoms. The fourth-order valence-electron chi connectivity index (χ4n) is 2.52. The first-order chi connectivity index (χ1) is 12.2. The highest BCUT2D eigenvalue weighted by atomic mass is 16.6. The number of rotatable bonds is 4. The Morgan fingerprint density at radius 3 is 2.76 bits per heavy atom. The number of hydrogen-bond acceptors (Lipinski definition) is 7. The maximum atomic E-state index is 11.1. The van der Waals surface area contributed by atoms with Gasteiger partial charge in [0.2, 0.25) is 5.95 Å². The average molecular weight is 339 g/mol. The van der Waals surface area contributed by atoms with E-state index in [1.54, 1.807) is 30.3 Å². The molecule has 0 fully saturated rings. The zero-order valence-corrected chi connectivity index (χ0v) is 12.9. The third-order valence-electron chi connectivity index (χ3n) is 3.64. The maximum Gasteiger partial charge on any atom is 0.280 e. The van der Waals surface area contributed by atoms with Crippen molar-refractivity contribution in [2.24, 2.45) is 0 Å². The molecule has 9 nitrogen and oxygen atoms in total. The summed E-state index contributed by atoms with van der Waals surface area (Å²) in [6.07, 6.45) is 0. The van der Waals surface area contributed by atoms with Crippen LogP contribution < -0.4 is 14.8 Å². The maximum absolute atomic E-state index is 11.1. The normalized spacial score (nSPS) is 12.6. The summed E-state index contributed by atoms with van der Waals surface area (Å²) >= 11 is 0. The Bertz CT molecular complexity index is 940. The molecule has 0 saturated heterocycles. The third-order valence-corrected chi connectivity index (χ3v) is 3.64. The van der Waals surface area contributed by atoms with Gasteiger partial charge in [-0.1, -0.05) is 12.1 Å². The topological polar surface area (TPSA) is 115 Å². The predicted molar refractivity (Wildman–Crippen MR) is 89.2 cm³/mol. The molecule has 0 atom stereocenters. The van der Waals surface area contributed by atoms with E-state index in [2.05, 4.69) is 20.5 Å². The van der Waals surface area contributed by atoms with Crippen LogP contribution in [0.4, 0.5) is 17.3 Å². The Labute approximate surface area is 141 Å². The second-order valence-corrected chi connectivity index (χ2v) is 5.27. The summed E-state index contributed by atoms with van der Waals surface area (Å²) in [5.74, 6) is 1.94. The largest absolute Gasteiger partial charge is 0.486 e. The molecule has 1 aromatic heterocycles. The number of H-pyrrole nitrogens is 1. The first kappa shape index (κ1) is 14.9. The molecule has 0 unspecified atom stereocenters. The zero-order chi connectivity index (χ0) is 17.2. The van der Waals surface area contributed by atoms with Gasteiger partial charge < -0.3 is 14.8 Å². The molecule has 1 aliphatic heterocycles. The van der Waals surface area contributed by atoms with Gasteiger partial charge in [-0.15, -0.1) is 5.10 Å². The highest BCUT2D eigenvalue weighted by Crippen LogP contribution is 2.33. The predicted octanol–water partition coefficient (Wildman–Crippen LogP) is 2.89. The Kier molecular flexibility index (Phi) is 3.65. The molecule has 2 N–H and O–H groups in total. The Morgan fingerprint density at radius 1 is 1.12 bits per heavy atom. The minimum atomic E-state index is -0.453. The highest BCUT2D eigenvalue weighted by molar-refractivity contribution is 5.69. The van der Waals surface area contributed by atoms with Gasteiger partial charge in [0.25, 0.3) is 5.69 Å². The molecule has 25 heavy (non-hydrogen) atoms. The van der Waals surface area contributed by atoms with Gasteiger partial charge in [0.15, 0.2) is 17.3 Å². The molecule has 0 bridgehead atoms. The number of para-hydroxylation sites is 1. The number of nitrogens with zero attached hydrogens (tertiary/aromatic N) is 3. The summed E-state index contributed by atoms with van der Waals surface area (Å²) in [5.41, 5.74) is 1.05. The van der Waals surface area contributed by atoms with E-state index >= 15 is 0 Å². The van der Waals surface area contributed by atoms with Crippen LogP contribution in [0.25, 0.3) is 11.4 Å². The van der Waals surface area contributed by atoms with Crippen LogP contribution in [0, 0.1) is 10.1 Å². The van der Waals surface area contributed by atoms with E-state index in [1.165, 1.54) is 6.07 Å². The standard InChI is InChI=1S/C16H13N5O4/c22-21(23)12-4-2-1-3-11(12)15-18-16(20-19-15)17-10-5-6-13-14(9-10)25-8-7-24-13/h1-6,9H,7-8H2,(H2,17,18,19,20). The van der Waals surface area contributed by atoms with Crippen LogP contribution in [-0.4, -0.2) is 33.3 Å². The summed E-state index contributed by atoms with van der Waals surface area (Å²) in [7, 11) is 0. The van der Waals surface area contributed by atoms with Gasteiger partial charge in [-0.25, -0.2) is 0 Å². The number of anilines is 2. The van der Waals surface area contributed by atoms with Crippen molar-refractivity contribution in [3.8, 4) is 22.9 Å². The SMILES string of the molecule is O=[N+]([O-])c1ccccc1-c1nc(Nc2ccc3c(c2)OCCO3)n[nH]1. The van der Waals surface area contributed by atoms with Crippen LogP contribution >= 0.6 is 0 Å². The number of hydrogen-bond donors (Lipinski definition) is 2. The van der Waals surface area contributed by atoms with E-state index in [1.807, 2.05) is 6.07 Å². The summed E-state index contributed by atoms with van der Waals surface area (Å²) in [6.45, 7) is 1.03. The van der Waals surface area contributed by atoms with Crippen molar-refractivity contribution in [2.75, 3.05) is 18.5 Å². The average Bonchev–Trinajstić information content (AvgIpc) is 3.10. The van der Waals surface area contributed by atoms with E-state index in [-0.39, 0.29) is 5.69 Å². The van der Waals surface area contributed by atoms with Crippen molar-refractivity contribution in [1.82, 2.24) is 15.2 Å². The van der Waals surface area contributed by atoms with Crippen LogP contribution in [0.1, 0.15) is 0 Å². The van der Waals surface area contributed by atoms with Crippen LogP contribution in [0.3, 0.4) is 0 Å². The van der Waals surface area contributed by atoms with Gasteiger partial charge in [0.05, 0.1) is 10.5 Å². The van der Waals surface area contributed by atoms with E-state index in [9.17, 15) is 10.1 Å². The van der Waals surface area contributed by atoms with Crippen molar-refractivity contribution < 1.29 is 14.4 Å². The number of fused-ring (bicyclic) bond motifs is 1. The lowest BCUT2D eigenvalue weighted by Crippen LogP contribution is -2.15. The molecular formula is C16H13N5O4. The Morgan fingerprint density at radius 2 is 1.92 bits per heavy atom. The van der Waals surface area contributed by atoms with Gasteiger partial charge >= 0.3 is 0 Å². The van der Waals surface area contributed by atoms with Gasteiger partial charge in [0, 0.05) is 17.8 Å². The smallest absolute Gasteiger partial charge is 0.280 e. The van der Waals surface area contributed by atoms with Crippen LogP contribution in [0.2, 0.25) is 0 Å².